The number of ether oxygens (including phenoxy) is 2. The Kier molecular flexibility index (Phi) is 6.07. The second kappa shape index (κ2) is 7.55. The lowest BCUT2D eigenvalue weighted by Crippen LogP contribution is -2.22. The molecule has 0 aliphatic rings. The third-order valence-electron chi connectivity index (χ3n) is 2.61. The zero-order valence-electron chi connectivity index (χ0n) is 12.4. The summed E-state index contributed by atoms with van der Waals surface area (Å²) in [6.45, 7) is 2.29. The SMILES string of the molecule is CCOc1c(Cl)cc(/C=C(/C#N)C(=O)N(C)C)cc1OC. The predicted octanol–water partition coefficient (Wildman–Crippen LogP) is 2.74. The molecule has 0 aromatic heterocycles. The third kappa shape index (κ3) is 4.14. The van der Waals surface area contributed by atoms with Crippen molar-refractivity contribution in [3.05, 3.63) is 28.3 Å². The van der Waals surface area contributed by atoms with Crippen molar-refractivity contribution in [3.63, 3.8) is 0 Å². The van der Waals surface area contributed by atoms with Gasteiger partial charge in [0, 0.05) is 14.1 Å². The number of hydrogen-bond donors (Lipinski definition) is 0. The summed E-state index contributed by atoms with van der Waals surface area (Å²) in [4.78, 5) is 13.2. The average Bonchev–Trinajstić information content (AvgIpc) is 2.46. The molecule has 0 unspecified atom stereocenters. The Morgan fingerprint density at radius 2 is 2.14 bits per heavy atom. The van der Waals surface area contributed by atoms with E-state index in [-0.39, 0.29) is 11.5 Å². The molecular weight excluding hydrogens is 292 g/mol. The topological polar surface area (TPSA) is 62.6 Å². The van der Waals surface area contributed by atoms with Crippen LogP contribution < -0.4 is 9.47 Å². The van der Waals surface area contributed by atoms with Gasteiger partial charge in [-0.1, -0.05) is 11.6 Å². The standard InChI is InChI=1S/C15H17ClN2O3/c1-5-21-14-12(16)7-10(8-13(14)20-4)6-11(9-17)15(19)18(2)3/h6-8H,5H2,1-4H3/b11-6-. The maximum Gasteiger partial charge on any atom is 0.264 e. The van der Waals surface area contributed by atoms with Gasteiger partial charge < -0.3 is 14.4 Å². The molecule has 0 heterocycles. The van der Waals surface area contributed by atoms with E-state index in [2.05, 4.69) is 0 Å². The van der Waals surface area contributed by atoms with E-state index >= 15 is 0 Å². The molecule has 0 atom stereocenters. The Balaban J connectivity index is 3.29. The minimum absolute atomic E-state index is 0.0160. The predicted molar refractivity (Wildman–Crippen MR) is 81.5 cm³/mol. The number of benzene rings is 1. The van der Waals surface area contributed by atoms with Crippen LogP contribution in [0.15, 0.2) is 17.7 Å². The Bertz CT molecular complexity index is 604. The molecule has 0 saturated carbocycles. The van der Waals surface area contributed by atoms with Crippen LogP contribution in [0, 0.1) is 11.3 Å². The van der Waals surface area contributed by atoms with Crippen molar-refractivity contribution >= 4 is 23.6 Å². The van der Waals surface area contributed by atoms with E-state index in [9.17, 15) is 4.79 Å². The second-order valence-corrected chi connectivity index (χ2v) is 4.74. The maximum atomic E-state index is 11.8. The van der Waals surface area contributed by atoms with Gasteiger partial charge in [0.2, 0.25) is 0 Å². The van der Waals surface area contributed by atoms with Gasteiger partial charge in [0.05, 0.1) is 18.7 Å². The van der Waals surface area contributed by atoms with Crippen molar-refractivity contribution in [2.75, 3.05) is 27.8 Å². The zero-order chi connectivity index (χ0) is 16.0. The number of methoxy groups -OCH3 is 1. The number of carbonyl (C=O) groups is 1. The Morgan fingerprint density at radius 1 is 1.48 bits per heavy atom. The lowest BCUT2D eigenvalue weighted by atomic mass is 10.1. The highest BCUT2D eigenvalue weighted by Crippen LogP contribution is 2.37. The number of amides is 1. The number of nitrogens with zero attached hydrogens (tertiary/aromatic N) is 2. The fraction of sp³-hybridized carbons (Fsp3) is 0.333. The molecule has 0 aliphatic heterocycles. The molecule has 1 aromatic rings. The Hall–Kier alpha value is -2.19. The minimum atomic E-state index is -0.374. The van der Waals surface area contributed by atoms with E-state index in [0.717, 1.165) is 0 Å². The average molecular weight is 309 g/mol. The van der Waals surface area contributed by atoms with E-state index in [0.29, 0.717) is 28.7 Å². The molecule has 0 radical (unpaired) electrons. The fourth-order valence-corrected chi connectivity index (χ4v) is 1.93. The van der Waals surface area contributed by atoms with Crippen LogP contribution in [0.3, 0.4) is 0 Å². The van der Waals surface area contributed by atoms with Crippen LogP contribution in [0.2, 0.25) is 5.02 Å². The van der Waals surface area contributed by atoms with E-state index < -0.39 is 0 Å². The van der Waals surface area contributed by atoms with Crippen LogP contribution in [0.25, 0.3) is 6.08 Å². The molecule has 0 N–H and O–H groups in total. The summed E-state index contributed by atoms with van der Waals surface area (Å²) in [5.41, 5.74) is 0.606. The summed E-state index contributed by atoms with van der Waals surface area (Å²) in [7, 11) is 4.66. The molecule has 0 saturated heterocycles. The summed E-state index contributed by atoms with van der Waals surface area (Å²) >= 11 is 6.15. The van der Waals surface area contributed by atoms with Gasteiger partial charge >= 0.3 is 0 Å². The fourth-order valence-electron chi connectivity index (χ4n) is 1.66. The lowest BCUT2D eigenvalue weighted by Gasteiger charge is -2.12. The second-order valence-electron chi connectivity index (χ2n) is 4.34. The number of nitriles is 1. The van der Waals surface area contributed by atoms with Crippen LogP contribution in [-0.4, -0.2) is 38.6 Å². The molecule has 1 amide bonds. The smallest absolute Gasteiger partial charge is 0.264 e. The van der Waals surface area contributed by atoms with E-state index in [4.69, 9.17) is 26.3 Å². The summed E-state index contributed by atoms with van der Waals surface area (Å²) < 4.78 is 10.6. The first-order valence-corrected chi connectivity index (χ1v) is 6.66. The number of likely N-dealkylation sites (N-methyl/N-ethyl adjacent to an activating group) is 1. The molecule has 0 aliphatic carbocycles. The molecule has 112 valence electrons. The van der Waals surface area contributed by atoms with Gasteiger partial charge in [-0.25, -0.2) is 0 Å². The highest BCUT2D eigenvalue weighted by molar-refractivity contribution is 6.32. The molecule has 0 fully saturated rings. The summed E-state index contributed by atoms with van der Waals surface area (Å²) in [6, 6.07) is 5.17. The van der Waals surface area contributed by atoms with Gasteiger partial charge in [0.15, 0.2) is 11.5 Å². The number of carbonyl (C=O) groups excluding carboxylic acids is 1. The number of rotatable bonds is 5. The van der Waals surface area contributed by atoms with Crippen molar-refractivity contribution in [1.29, 1.82) is 5.26 Å². The third-order valence-corrected chi connectivity index (χ3v) is 2.89. The first kappa shape index (κ1) is 16.9. The first-order chi connectivity index (χ1) is 9.94. The van der Waals surface area contributed by atoms with Crippen LogP contribution in [0.5, 0.6) is 11.5 Å². The maximum absolute atomic E-state index is 11.8. The monoisotopic (exact) mass is 308 g/mol. The molecule has 1 aromatic carbocycles. The summed E-state index contributed by atoms with van der Waals surface area (Å²) in [5, 5.41) is 9.44. The quantitative estimate of drug-likeness (QED) is 0.620. The zero-order valence-corrected chi connectivity index (χ0v) is 13.2. The van der Waals surface area contributed by atoms with Crippen molar-refractivity contribution in [1.82, 2.24) is 4.90 Å². The summed E-state index contributed by atoms with van der Waals surface area (Å²) in [5.74, 6) is 0.517. The van der Waals surface area contributed by atoms with Gasteiger partial charge in [-0.2, -0.15) is 5.26 Å². The lowest BCUT2D eigenvalue weighted by molar-refractivity contribution is -0.124. The van der Waals surface area contributed by atoms with Crippen LogP contribution >= 0.6 is 11.6 Å². The van der Waals surface area contributed by atoms with Gasteiger partial charge in [-0.3, -0.25) is 4.79 Å². The molecule has 1 rings (SSSR count). The molecule has 21 heavy (non-hydrogen) atoms. The minimum Gasteiger partial charge on any atom is -0.493 e. The van der Waals surface area contributed by atoms with E-state index in [1.54, 1.807) is 26.2 Å². The van der Waals surface area contributed by atoms with Crippen molar-refractivity contribution in [3.8, 4) is 17.6 Å². The molecular formula is C15H17ClN2O3. The number of hydrogen-bond acceptors (Lipinski definition) is 4. The van der Waals surface area contributed by atoms with Gasteiger partial charge in [0.25, 0.3) is 5.91 Å². The van der Waals surface area contributed by atoms with E-state index in [1.807, 2.05) is 13.0 Å². The largest absolute Gasteiger partial charge is 0.493 e. The highest BCUT2D eigenvalue weighted by atomic mass is 35.5. The van der Waals surface area contributed by atoms with Gasteiger partial charge in [-0.05, 0) is 30.7 Å². The van der Waals surface area contributed by atoms with Crippen LogP contribution in [0.1, 0.15) is 12.5 Å². The molecule has 0 bridgehead atoms. The molecule has 6 heteroatoms. The van der Waals surface area contributed by atoms with Crippen molar-refractivity contribution < 1.29 is 14.3 Å². The first-order valence-electron chi connectivity index (χ1n) is 6.28. The summed E-state index contributed by atoms with van der Waals surface area (Å²) in [6.07, 6.45) is 1.46. The highest BCUT2D eigenvalue weighted by Gasteiger charge is 2.14. The van der Waals surface area contributed by atoms with Crippen molar-refractivity contribution in [2.24, 2.45) is 0 Å². The number of halogens is 1. The van der Waals surface area contributed by atoms with Crippen LogP contribution in [0.4, 0.5) is 0 Å². The molecule has 0 spiro atoms. The van der Waals surface area contributed by atoms with E-state index in [1.165, 1.54) is 18.1 Å². The van der Waals surface area contributed by atoms with Gasteiger partial charge in [0.1, 0.15) is 11.6 Å². The van der Waals surface area contributed by atoms with Gasteiger partial charge in [-0.15, -0.1) is 0 Å². The Morgan fingerprint density at radius 3 is 2.62 bits per heavy atom. The Labute approximate surface area is 129 Å². The van der Waals surface area contributed by atoms with Crippen molar-refractivity contribution in [2.45, 2.75) is 6.92 Å². The van der Waals surface area contributed by atoms with Crippen LogP contribution in [-0.2, 0) is 4.79 Å². The molecule has 5 nitrogen and oxygen atoms in total. The normalized spacial score (nSPS) is 10.8.